The maximum atomic E-state index is 2.48. The van der Waals surface area contributed by atoms with Crippen LogP contribution in [0.25, 0.3) is 11.3 Å². The van der Waals surface area contributed by atoms with Crippen molar-refractivity contribution in [2.24, 2.45) is 7.05 Å². The fourth-order valence-electron chi connectivity index (χ4n) is 3.41. The molecule has 2 aromatic rings. The summed E-state index contributed by atoms with van der Waals surface area (Å²) in [6, 6.07) is 9.44. The van der Waals surface area contributed by atoms with Crippen LogP contribution >= 0.6 is 0 Å². The molecule has 1 heterocycles. The molecule has 1 aromatic heterocycles. The van der Waals surface area contributed by atoms with E-state index in [1.54, 1.807) is 5.19 Å². The van der Waals surface area contributed by atoms with Crippen molar-refractivity contribution in [1.29, 1.82) is 0 Å². The van der Waals surface area contributed by atoms with Gasteiger partial charge in [-0.05, 0) is 40.6 Å². The molecule has 0 aliphatic heterocycles. The molecule has 0 spiro atoms. The van der Waals surface area contributed by atoms with Gasteiger partial charge in [0.15, 0.2) is 6.20 Å². The van der Waals surface area contributed by atoms with Crippen LogP contribution in [0, 0.1) is 6.92 Å². The van der Waals surface area contributed by atoms with Crippen molar-refractivity contribution in [1.82, 2.24) is 0 Å². The molecule has 0 aliphatic rings. The van der Waals surface area contributed by atoms with Gasteiger partial charge in [-0.1, -0.05) is 66.4 Å². The second-order valence-corrected chi connectivity index (χ2v) is 14.9. The average Bonchev–Trinajstić information content (AvgIpc) is 2.45. The van der Waals surface area contributed by atoms with Gasteiger partial charge in [-0.3, -0.25) is 0 Å². The first-order valence-electron chi connectivity index (χ1n) is 9.48. The monoisotopic (exact) mass is 354 g/mol. The van der Waals surface area contributed by atoms with Gasteiger partial charge >= 0.3 is 0 Å². The minimum absolute atomic E-state index is 0.167. The molecule has 25 heavy (non-hydrogen) atoms. The third-order valence-electron chi connectivity index (χ3n) is 5.11. The molecule has 0 radical (unpaired) electrons. The van der Waals surface area contributed by atoms with E-state index >= 15 is 0 Å². The Morgan fingerprint density at radius 1 is 1.00 bits per heavy atom. The molecule has 1 nitrogen and oxygen atoms in total. The number of pyridine rings is 1. The van der Waals surface area contributed by atoms with Crippen LogP contribution in [0.1, 0.15) is 57.2 Å². The van der Waals surface area contributed by atoms with Crippen LogP contribution in [0.5, 0.6) is 0 Å². The lowest BCUT2D eigenvalue weighted by molar-refractivity contribution is -0.660. The fourth-order valence-corrected chi connectivity index (χ4v) is 5.20. The van der Waals surface area contributed by atoms with Crippen molar-refractivity contribution in [2.75, 3.05) is 0 Å². The zero-order valence-corrected chi connectivity index (χ0v) is 18.9. The summed E-state index contributed by atoms with van der Waals surface area (Å²) in [5, 5.41) is 1.59. The van der Waals surface area contributed by atoms with E-state index < -0.39 is 8.07 Å². The van der Waals surface area contributed by atoms with Crippen molar-refractivity contribution < 1.29 is 4.57 Å². The van der Waals surface area contributed by atoms with Crippen LogP contribution in [0.15, 0.2) is 30.5 Å². The normalized spacial score (nSPS) is 12.8. The Hall–Kier alpha value is -1.41. The van der Waals surface area contributed by atoms with Crippen LogP contribution in [0.3, 0.4) is 0 Å². The summed E-state index contributed by atoms with van der Waals surface area (Å²) in [5.41, 5.74) is 7.13. The summed E-state index contributed by atoms with van der Waals surface area (Å²) in [6.45, 7) is 21.1. The highest BCUT2D eigenvalue weighted by Crippen LogP contribution is 2.29. The first kappa shape index (κ1) is 19.9. The molecule has 0 unspecified atom stereocenters. The smallest absolute Gasteiger partial charge is 0.201 e. The van der Waals surface area contributed by atoms with Crippen molar-refractivity contribution in [3.63, 3.8) is 0 Å². The predicted octanol–water partition coefficient (Wildman–Crippen LogP) is 5.45. The Labute approximate surface area is 156 Å². The summed E-state index contributed by atoms with van der Waals surface area (Å²) < 4.78 is 2.33. The lowest BCUT2D eigenvalue weighted by atomic mass is 9.84. The first-order valence-corrected chi connectivity index (χ1v) is 13.0. The van der Waals surface area contributed by atoms with Crippen LogP contribution in [0.2, 0.25) is 19.6 Å². The Balaban J connectivity index is 2.76. The Kier molecular flexibility index (Phi) is 5.35. The molecule has 1 aromatic carbocycles. The van der Waals surface area contributed by atoms with E-state index in [1.165, 1.54) is 27.9 Å². The Morgan fingerprint density at radius 2 is 1.60 bits per heavy atom. The van der Waals surface area contributed by atoms with Gasteiger partial charge < -0.3 is 0 Å². The van der Waals surface area contributed by atoms with Crippen LogP contribution < -0.4 is 9.75 Å². The number of benzene rings is 1. The highest BCUT2D eigenvalue weighted by atomic mass is 28.3. The van der Waals surface area contributed by atoms with Crippen molar-refractivity contribution in [3.05, 3.63) is 47.2 Å². The van der Waals surface area contributed by atoms with Gasteiger partial charge in [0.25, 0.3) is 0 Å². The van der Waals surface area contributed by atoms with E-state index in [-0.39, 0.29) is 5.41 Å². The molecule has 2 rings (SSSR count). The molecule has 2 heteroatoms. The minimum atomic E-state index is -1.41. The summed E-state index contributed by atoms with van der Waals surface area (Å²) in [6.07, 6.45) is 2.37. The molecule has 0 bridgehead atoms. The lowest BCUT2D eigenvalue weighted by Crippen LogP contribution is -2.45. The van der Waals surface area contributed by atoms with Gasteiger partial charge in [-0.15, -0.1) is 0 Å². The highest BCUT2D eigenvalue weighted by Gasteiger charge is 2.27. The van der Waals surface area contributed by atoms with E-state index in [9.17, 15) is 0 Å². The second-order valence-electron chi connectivity index (χ2n) is 9.82. The van der Waals surface area contributed by atoms with Gasteiger partial charge in [0.2, 0.25) is 5.69 Å². The van der Waals surface area contributed by atoms with Crippen molar-refractivity contribution in [2.45, 2.75) is 72.5 Å². The van der Waals surface area contributed by atoms with Crippen molar-refractivity contribution in [3.8, 4) is 11.3 Å². The molecule has 0 saturated heterocycles. The maximum Gasteiger partial charge on any atom is 0.212 e. The number of hydrogen-bond donors (Lipinski definition) is 0. The number of aromatic nitrogens is 1. The Bertz CT molecular complexity index is 774. The molecule has 0 amide bonds. The van der Waals surface area contributed by atoms with E-state index in [4.69, 9.17) is 0 Å². The number of hydrogen-bond acceptors (Lipinski definition) is 0. The van der Waals surface area contributed by atoms with Crippen LogP contribution in [-0.2, 0) is 12.5 Å². The van der Waals surface area contributed by atoms with Gasteiger partial charge in [0.1, 0.15) is 7.05 Å². The van der Waals surface area contributed by atoms with Crippen LogP contribution in [-0.4, -0.2) is 8.07 Å². The molecule has 0 atom stereocenters. The molecule has 0 aliphatic carbocycles. The van der Waals surface area contributed by atoms with Gasteiger partial charge in [0, 0.05) is 17.2 Å². The number of nitrogens with zero attached hydrogens (tertiary/aromatic N) is 1. The molecular formula is C23H36NSi+. The van der Waals surface area contributed by atoms with Gasteiger partial charge in [-0.2, -0.15) is 0 Å². The minimum Gasteiger partial charge on any atom is -0.201 e. The SMILES string of the molecule is Cc1ccc(C(C)(C)C)cc1-c1cc([Si](C)(C)C)c(C(C)C)c[n+]1C. The summed E-state index contributed by atoms with van der Waals surface area (Å²) in [7, 11) is 0.784. The topological polar surface area (TPSA) is 3.88 Å². The molecule has 136 valence electrons. The highest BCUT2D eigenvalue weighted by molar-refractivity contribution is 6.89. The van der Waals surface area contributed by atoms with E-state index in [1.807, 2.05) is 0 Å². The summed E-state index contributed by atoms with van der Waals surface area (Å²) in [5.74, 6) is 0.559. The van der Waals surface area contributed by atoms with E-state index in [0.29, 0.717) is 5.92 Å². The summed E-state index contributed by atoms with van der Waals surface area (Å²) >= 11 is 0. The first-order chi connectivity index (χ1) is 11.3. The maximum absolute atomic E-state index is 2.48. The molecular weight excluding hydrogens is 318 g/mol. The average molecular weight is 355 g/mol. The lowest BCUT2D eigenvalue weighted by Gasteiger charge is -2.24. The van der Waals surface area contributed by atoms with E-state index in [2.05, 4.69) is 103 Å². The number of aryl methyl sites for hydroxylation is 2. The third kappa shape index (κ3) is 4.23. The van der Waals surface area contributed by atoms with Crippen LogP contribution in [0.4, 0.5) is 0 Å². The fraction of sp³-hybridized carbons (Fsp3) is 0.522. The second kappa shape index (κ2) is 6.72. The zero-order valence-electron chi connectivity index (χ0n) is 17.9. The largest absolute Gasteiger partial charge is 0.212 e. The van der Waals surface area contributed by atoms with Gasteiger partial charge in [-0.25, -0.2) is 4.57 Å². The van der Waals surface area contributed by atoms with Gasteiger partial charge in [0.05, 0.1) is 8.07 Å². The molecule has 0 N–H and O–H groups in total. The molecule has 0 saturated carbocycles. The predicted molar refractivity (Wildman–Crippen MR) is 114 cm³/mol. The standard InChI is InChI=1S/C23H36NSi/c1-16(2)20-15-24(7)21(14-22(20)25(8,9)10)19-13-18(23(4,5)6)12-11-17(19)3/h11-16H,1-10H3/q+1. The van der Waals surface area contributed by atoms with Crippen molar-refractivity contribution >= 4 is 13.3 Å². The number of rotatable bonds is 3. The summed E-state index contributed by atoms with van der Waals surface area (Å²) in [4.78, 5) is 0. The quantitative estimate of drug-likeness (QED) is 0.509. The third-order valence-corrected chi connectivity index (χ3v) is 7.16. The Morgan fingerprint density at radius 3 is 2.08 bits per heavy atom. The zero-order chi connectivity index (χ0) is 19.2. The van der Waals surface area contributed by atoms with E-state index in [0.717, 1.165) is 0 Å². The molecule has 0 fully saturated rings.